The molecule has 2 rings (SSSR count). The lowest BCUT2D eigenvalue weighted by atomic mass is 10.00. The molecular weight excluding hydrogens is 154 g/mol. The minimum Gasteiger partial charge on any atom is -0.503 e. The maximum atomic E-state index is 11.1. The molecule has 0 aromatic heterocycles. The quantitative estimate of drug-likeness (QED) is 0.589. The van der Waals surface area contributed by atoms with Gasteiger partial charge < -0.3 is 10.0 Å². The van der Waals surface area contributed by atoms with Crippen molar-refractivity contribution in [3.8, 4) is 0 Å². The van der Waals surface area contributed by atoms with Crippen LogP contribution in [0, 0.1) is 0 Å². The van der Waals surface area contributed by atoms with Crippen molar-refractivity contribution in [2.24, 2.45) is 0 Å². The van der Waals surface area contributed by atoms with Gasteiger partial charge in [-0.3, -0.25) is 4.79 Å². The molecule has 2 aliphatic heterocycles. The van der Waals surface area contributed by atoms with Gasteiger partial charge in [-0.25, -0.2) is 0 Å². The number of aliphatic hydroxyl groups is 1. The van der Waals surface area contributed by atoms with Crippen LogP contribution in [-0.2, 0) is 4.79 Å². The molecule has 66 valence electrons. The summed E-state index contributed by atoms with van der Waals surface area (Å²) >= 11 is 0. The number of Topliss-reactive ketones (excluding diaryl/α,β-unsaturated/α-hetero) is 1. The van der Waals surface area contributed by atoms with Crippen LogP contribution in [0.2, 0.25) is 0 Å². The molecule has 0 spiro atoms. The number of ketones is 1. The number of rotatable bonds is 0. The second kappa shape index (κ2) is 2.81. The van der Waals surface area contributed by atoms with E-state index in [-0.39, 0.29) is 11.5 Å². The lowest BCUT2D eigenvalue weighted by Gasteiger charge is -2.34. The van der Waals surface area contributed by atoms with Crippen molar-refractivity contribution in [2.75, 3.05) is 13.1 Å². The lowest BCUT2D eigenvalue weighted by molar-refractivity contribution is -0.119. The van der Waals surface area contributed by atoms with Crippen LogP contribution in [0.15, 0.2) is 11.5 Å². The fourth-order valence-electron chi connectivity index (χ4n) is 1.92. The smallest absolute Gasteiger partial charge is 0.200 e. The first-order valence-electron chi connectivity index (χ1n) is 4.49. The summed E-state index contributed by atoms with van der Waals surface area (Å²) in [4.78, 5) is 13.3. The summed E-state index contributed by atoms with van der Waals surface area (Å²) in [5, 5.41) is 9.46. The monoisotopic (exact) mass is 167 g/mol. The van der Waals surface area contributed by atoms with Gasteiger partial charge in [0.2, 0.25) is 5.78 Å². The lowest BCUT2D eigenvalue weighted by Crippen LogP contribution is -2.36. The largest absolute Gasteiger partial charge is 0.503 e. The third-order valence-corrected chi connectivity index (χ3v) is 2.62. The topological polar surface area (TPSA) is 40.5 Å². The molecule has 0 aliphatic carbocycles. The van der Waals surface area contributed by atoms with Crippen molar-refractivity contribution < 1.29 is 9.90 Å². The molecule has 1 saturated heterocycles. The second-order valence-corrected chi connectivity index (χ2v) is 3.41. The standard InChI is InChI=1S/C9H13NO2/c11-8-4-6-10-5-2-1-3-7(10)9(8)12/h12H,1-6H2. The molecule has 3 nitrogen and oxygen atoms in total. The van der Waals surface area contributed by atoms with Crippen molar-refractivity contribution in [2.45, 2.75) is 25.7 Å². The zero-order chi connectivity index (χ0) is 8.55. The Morgan fingerprint density at radius 3 is 2.83 bits per heavy atom. The Balaban J connectivity index is 2.29. The number of aliphatic hydroxyl groups excluding tert-OH is 1. The SMILES string of the molecule is O=C1CCN2CCCCC2=C1O. The Morgan fingerprint density at radius 1 is 1.17 bits per heavy atom. The van der Waals surface area contributed by atoms with E-state index in [1.807, 2.05) is 0 Å². The van der Waals surface area contributed by atoms with Gasteiger partial charge in [0.25, 0.3) is 0 Å². The van der Waals surface area contributed by atoms with E-state index in [1.165, 1.54) is 6.42 Å². The Morgan fingerprint density at radius 2 is 2.00 bits per heavy atom. The molecule has 0 unspecified atom stereocenters. The first-order chi connectivity index (χ1) is 5.79. The fourth-order valence-corrected chi connectivity index (χ4v) is 1.92. The summed E-state index contributed by atoms with van der Waals surface area (Å²) in [6.07, 6.45) is 3.64. The van der Waals surface area contributed by atoms with Gasteiger partial charge in [-0.15, -0.1) is 0 Å². The molecule has 2 heterocycles. The zero-order valence-corrected chi connectivity index (χ0v) is 7.05. The zero-order valence-electron chi connectivity index (χ0n) is 7.05. The predicted molar refractivity (Wildman–Crippen MR) is 44.7 cm³/mol. The average molecular weight is 167 g/mol. The number of hydrogen-bond donors (Lipinski definition) is 1. The van der Waals surface area contributed by atoms with Gasteiger partial charge in [-0.2, -0.15) is 0 Å². The highest BCUT2D eigenvalue weighted by Gasteiger charge is 2.27. The minimum atomic E-state index is -0.0804. The van der Waals surface area contributed by atoms with Crippen molar-refractivity contribution in [1.82, 2.24) is 4.90 Å². The number of piperidine rings is 1. The van der Waals surface area contributed by atoms with E-state index in [0.717, 1.165) is 31.6 Å². The summed E-state index contributed by atoms with van der Waals surface area (Å²) in [6.45, 7) is 1.81. The van der Waals surface area contributed by atoms with Crippen LogP contribution in [0.3, 0.4) is 0 Å². The van der Waals surface area contributed by atoms with Crippen LogP contribution in [0.5, 0.6) is 0 Å². The third kappa shape index (κ3) is 1.09. The normalized spacial score (nSPS) is 24.3. The molecule has 0 aromatic carbocycles. The van der Waals surface area contributed by atoms with E-state index in [9.17, 15) is 9.90 Å². The maximum Gasteiger partial charge on any atom is 0.200 e. The summed E-state index contributed by atoms with van der Waals surface area (Å²) in [6, 6.07) is 0. The molecule has 0 atom stereocenters. The molecule has 2 aliphatic rings. The van der Waals surface area contributed by atoms with Gasteiger partial charge >= 0.3 is 0 Å². The van der Waals surface area contributed by atoms with Crippen LogP contribution in [-0.4, -0.2) is 28.9 Å². The summed E-state index contributed by atoms with van der Waals surface area (Å²) in [5.41, 5.74) is 0.887. The van der Waals surface area contributed by atoms with E-state index in [1.54, 1.807) is 0 Å². The van der Waals surface area contributed by atoms with Gasteiger partial charge in [0.1, 0.15) is 0 Å². The molecule has 0 bridgehead atoms. The van der Waals surface area contributed by atoms with Crippen molar-refractivity contribution in [3.63, 3.8) is 0 Å². The second-order valence-electron chi connectivity index (χ2n) is 3.41. The highest BCUT2D eigenvalue weighted by atomic mass is 16.3. The Hall–Kier alpha value is -0.990. The Labute approximate surface area is 71.7 Å². The van der Waals surface area contributed by atoms with Gasteiger partial charge in [-0.05, 0) is 19.3 Å². The molecule has 1 fully saturated rings. The maximum absolute atomic E-state index is 11.1. The molecule has 0 aromatic rings. The van der Waals surface area contributed by atoms with Crippen LogP contribution in [0.1, 0.15) is 25.7 Å². The van der Waals surface area contributed by atoms with Gasteiger partial charge in [-0.1, -0.05) is 0 Å². The minimum absolute atomic E-state index is 0.0287. The van der Waals surface area contributed by atoms with E-state index < -0.39 is 0 Å². The molecule has 0 saturated carbocycles. The first kappa shape index (κ1) is 7.65. The Kier molecular flexibility index (Phi) is 1.79. The van der Waals surface area contributed by atoms with Gasteiger partial charge in [0, 0.05) is 19.5 Å². The first-order valence-corrected chi connectivity index (χ1v) is 4.49. The number of hydrogen-bond acceptors (Lipinski definition) is 3. The number of carbonyl (C=O) groups is 1. The molecule has 12 heavy (non-hydrogen) atoms. The van der Waals surface area contributed by atoms with Gasteiger partial charge in [0.05, 0.1) is 5.70 Å². The fraction of sp³-hybridized carbons (Fsp3) is 0.667. The van der Waals surface area contributed by atoms with Crippen LogP contribution in [0.4, 0.5) is 0 Å². The van der Waals surface area contributed by atoms with E-state index in [2.05, 4.69) is 4.90 Å². The third-order valence-electron chi connectivity index (χ3n) is 2.62. The van der Waals surface area contributed by atoms with Crippen molar-refractivity contribution in [1.29, 1.82) is 0 Å². The summed E-state index contributed by atoms with van der Waals surface area (Å²) in [5.74, 6) is -0.0518. The number of allylic oxidation sites excluding steroid dienone is 2. The van der Waals surface area contributed by atoms with E-state index in [4.69, 9.17) is 0 Å². The highest BCUT2D eigenvalue weighted by molar-refractivity contribution is 5.94. The van der Waals surface area contributed by atoms with E-state index in [0.29, 0.717) is 6.42 Å². The van der Waals surface area contributed by atoms with Gasteiger partial charge in [0.15, 0.2) is 5.76 Å². The summed E-state index contributed by atoms with van der Waals surface area (Å²) in [7, 11) is 0. The number of fused-ring (bicyclic) bond motifs is 1. The Bertz CT molecular complexity index is 245. The van der Waals surface area contributed by atoms with Crippen LogP contribution < -0.4 is 0 Å². The van der Waals surface area contributed by atoms with Crippen LogP contribution >= 0.6 is 0 Å². The molecule has 1 N–H and O–H groups in total. The molecular formula is C9H13NO2. The number of carbonyl (C=O) groups excluding carboxylic acids is 1. The predicted octanol–water partition coefficient (Wildman–Crippen LogP) is 1.21. The molecule has 0 radical (unpaired) electrons. The highest BCUT2D eigenvalue weighted by Crippen LogP contribution is 2.26. The number of nitrogens with zero attached hydrogens (tertiary/aromatic N) is 1. The van der Waals surface area contributed by atoms with E-state index >= 15 is 0 Å². The average Bonchev–Trinajstić information content (AvgIpc) is 2.12. The van der Waals surface area contributed by atoms with Crippen LogP contribution in [0.25, 0.3) is 0 Å². The van der Waals surface area contributed by atoms with Crippen molar-refractivity contribution in [3.05, 3.63) is 11.5 Å². The summed E-state index contributed by atoms with van der Waals surface area (Å²) < 4.78 is 0. The van der Waals surface area contributed by atoms with Crippen molar-refractivity contribution >= 4 is 5.78 Å². The molecule has 3 heteroatoms. The molecule has 0 amide bonds.